The zero-order valence-corrected chi connectivity index (χ0v) is 23.4. The minimum atomic E-state index is -1.22. The van der Waals surface area contributed by atoms with Crippen LogP contribution in [0.3, 0.4) is 0 Å². The first-order chi connectivity index (χ1) is 18.6. The smallest absolute Gasteiger partial charge is 0.168 e. The summed E-state index contributed by atoms with van der Waals surface area (Å²) in [7, 11) is 0. The van der Waals surface area contributed by atoms with E-state index in [0.717, 1.165) is 61.0 Å². The number of aryl methyl sites for hydroxylation is 1. The maximum atomic E-state index is 14.8. The first kappa shape index (κ1) is 26.2. The van der Waals surface area contributed by atoms with E-state index in [0.29, 0.717) is 11.4 Å². The van der Waals surface area contributed by atoms with Crippen molar-refractivity contribution in [3.8, 4) is 11.3 Å². The number of fused-ring (bicyclic) bond motifs is 2. The number of hydrogen-bond acceptors (Lipinski definition) is 6. The van der Waals surface area contributed by atoms with Crippen LogP contribution in [0.2, 0.25) is 0 Å². The van der Waals surface area contributed by atoms with Gasteiger partial charge in [0.2, 0.25) is 0 Å². The summed E-state index contributed by atoms with van der Waals surface area (Å²) >= 11 is -1.22. The molecule has 0 bridgehead atoms. The topological polar surface area (TPSA) is 81.4 Å². The zero-order valence-electron chi connectivity index (χ0n) is 22.5. The Balaban J connectivity index is 1.32. The number of anilines is 1. The van der Waals surface area contributed by atoms with Gasteiger partial charge < -0.3 is 9.45 Å². The normalized spacial score (nSPS) is 19.6. The average molecular weight is 551 g/mol. The summed E-state index contributed by atoms with van der Waals surface area (Å²) in [6.45, 7) is 9.24. The van der Waals surface area contributed by atoms with Crippen molar-refractivity contribution in [2.75, 3.05) is 18.0 Å². The van der Waals surface area contributed by atoms with E-state index >= 15 is 0 Å². The van der Waals surface area contributed by atoms with Gasteiger partial charge in [-0.05, 0) is 76.8 Å². The first-order valence-corrected chi connectivity index (χ1v) is 14.4. The molecule has 2 aliphatic rings. The van der Waals surface area contributed by atoms with Crippen LogP contribution in [0.5, 0.6) is 0 Å². The number of piperidine rings is 1. The van der Waals surface area contributed by atoms with Crippen LogP contribution in [-0.4, -0.2) is 42.0 Å². The summed E-state index contributed by atoms with van der Waals surface area (Å²) in [5, 5.41) is 4.46. The lowest BCUT2D eigenvalue weighted by atomic mass is 9.73. The van der Waals surface area contributed by atoms with E-state index in [2.05, 4.69) is 25.8 Å². The fourth-order valence-electron chi connectivity index (χ4n) is 6.03. The molecule has 1 N–H and O–H groups in total. The van der Waals surface area contributed by atoms with Crippen LogP contribution in [0.25, 0.3) is 16.8 Å². The fourth-order valence-corrected chi connectivity index (χ4v) is 6.97. The lowest BCUT2D eigenvalue weighted by Crippen LogP contribution is -2.50. The number of benzene rings is 1. The van der Waals surface area contributed by atoms with Crippen molar-refractivity contribution in [1.82, 2.24) is 24.3 Å². The van der Waals surface area contributed by atoms with Gasteiger partial charge in [0.25, 0.3) is 0 Å². The van der Waals surface area contributed by atoms with Gasteiger partial charge in [-0.15, -0.1) is 4.72 Å². The maximum absolute atomic E-state index is 14.8. The Kier molecular flexibility index (Phi) is 6.39. The van der Waals surface area contributed by atoms with Crippen LogP contribution >= 0.6 is 0 Å². The quantitative estimate of drug-likeness (QED) is 0.347. The predicted molar refractivity (Wildman–Crippen MR) is 149 cm³/mol. The van der Waals surface area contributed by atoms with Crippen molar-refractivity contribution in [3.63, 3.8) is 0 Å². The lowest BCUT2D eigenvalue weighted by molar-refractivity contribution is 0.175. The Labute approximate surface area is 230 Å². The number of hydrogen-bond donors (Lipinski definition) is 1. The molecule has 4 heterocycles. The molecule has 204 valence electrons. The van der Waals surface area contributed by atoms with Crippen molar-refractivity contribution in [2.24, 2.45) is 5.41 Å². The number of nitrogens with zero attached hydrogens (tertiary/aromatic N) is 5. The number of rotatable bonds is 4. The summed E-state index contributed by atoms with van der Waals surface area (Å²) in [5.41, 5.74) is 3.99. The molecule has 1 saturated heterocycles. The van der Waals surface area contributed by atoms with E-state index in [1.165, 1.54) is 6.07 Å². The van der Waals surface area contributed by atoms with Gasteiger partial charge in [0.05, 0.1) is 23.6 Å². The molecule has 0 saturated carbocycles. The van der Waals surface area contributed by atoms with Crippen molar-refractivity contribution in [2.45, 2.75) is 57.7 Å². The van der Waals surface area contributed by atoms with E-state index in [1.807, 2.05) is 39.1 Å². The van der Waals surface area contributed by atoms with Crippen LogP contribution in [0.15, 0.2) is 48.8 Å². The van der Waals surface area contributed by atoms with Crippen LogP contribution in [0.1, 0.15) is 56.6 Å². The number of pyridine rings is 1. The highest BCUT2D eigenvalue weighted by molar-refractivity contribution is 7.90. The van der Waals surface area contributed by atoms with Gasteiger partial charge >= 0.3 is 0 Å². The minimum absolute atomic E-state index is 0.0496. The summed E-state index contributed by atoms with van der Waals surface area (Å²) in [6, 6.07) is 10.0. The molecule has 1 aliphatic heterocycles. The maximum Gasteiger partial charge on any atom is 0.168 e. The third-order valence-electron chi connectivity index (χ3n) is 8.11. The Bertz CT molecular complexity index is 1540. The molecule has 7 nitrogen and oxygen atoms in total. The van der Waals surface area contributed by atoms with Crippen LogP contribution < -0.4 is 9.62 Å². The Morgan fingerprint density at radius 2 is 1.85 bits per heavy atom. The van der Waals surface area contributed by atoms with Crippen molar-refractivity contribution in [1.29, 1.82) is 0 Å². The van der Waals surface area contributed by atoms with Gasteiger partial charge in [-0.3, -0.25) is 4.98 Å². The molecule has 1 aliphatic carbocycles. The third-order valence-corrected chi connectivity index (χ3v) is 9.68. The van der Waals surface area contributed by atoms with Gasteiger partial charge in [0, 0.05) is 47.3 Å². The highest BCUT2D eigenvalue weighted by Crippen LogP contribution is 2.52. The number of halogens is 2. The predicted octanol–water partition coefficient (Wildman–Crippen LogP) is 5.31. The van der Waals surface area contributed by atoms with Gasteiger partial charge in [0.15, 0.2) is 17.5 Å². The van der Waals surface area contributed by atoms with E-state index in [1.54, 1.807) is 23.7 Å². The van der Waals surface area contributed by atoms with Crippen LogP contribution in [0, 0.1) is 24.0 Å². The van der Waals surface area contributed by atoms with Gasteiger partial charge in [-0.25, -0.2) is 18.3 Å². The third kappa shape index (κ3) is 4.38. The molecule has 10 heteroatoms. The molecule has 1 fully saturated rings. The molecule has 1 spiro atoms. The molecule has 0 amide bonds. The van der Waals surface area contributed by atoms with Crippen molar-refractivity contribution >= 4 is 22.7 Å². The largest absolute Gasteiger partial charge is 0.598 e. The number of aromatic nitrogens is 4. The molecule has 2 atom stereocenters. The molecule has 0 radical (unpaired) electrons. The molecular formula is C29H32F2N6OS. The van der Waals surface area contributed by atoms with E-state index in [4.69, 9.17) is 4.98 Å². The van der Waals surface area contributed by atoms with Crippen molar-refractivity contribution in [3.05, 3.63) is 77.4 Å². The molecule has 0 unspecified atom stereocenters. The minimum Gasteiger partial charge on any atom is -0.598 e. The SMILES string of the molecule is Cc1nc(N2CCC3(CC2)Cc2ncccc2[C@H]3N[S@+]([O-])C(C)(C)C)c2ccnn2c1-c1cccc(F)c1F. The summed E-state index contributed by atoms with van der Waals surface area (Å²) in [4.78, 5) is 11.8. The highest BCUT2D eigenvalue weighted by atomic mass is 32.2. The van der Waals surface area contributed by atoms with Gasteiger partial charge in [-0.1, -0.05) is 12.1 Å². The van der Waals surface area contributed by atoms with E-state index < -0.39 is 23.0 Å². The second kappa shape index (κ2) is 9.53. The highest BCUT2D eigenvalue weighted by Gasteiger charge is 2.51. The summed E-state index contributed by atoms with van der Waals surface area (Å²) in [6.07, 6.45) is 6.06. The summed E-state index contributed by atoms with van der Waals surface area (Å²) < 4.78 is 46.7. The molecule has 39 heavy (non-hydrogen) atoms. The van der Waals surface area contributed by atoms with Gasteiger partial charge in [0.1, 0.15) is 10.3 Å². The standard InChI is InChI=1S/C29H32F2N6OS/c1-18-25(20-7-5-9-21(30)24(20)31)37-23(10-14-33-37)27(34-18)36-15-11-29(12-16-36)17-22-19(8-6-13-32-22)26(29)35-39(38)28(2,3)4/h5-10,13-14,26,35H,11-12,15-17H2,1-4H3/t26-,39-/m1/s1. The van der Waals surface area contributed by atoms with E-state index in [9.17, 15) is 13.3 Å². The average Bonchev–Trinajstić information content (AvgIpc) is 3.49. The second-order valence-corrected chi connectivity index (χ2v) is 13.6. The Hall–Kier alpha value is -3.08. The Morgan fingerprint density at radius 3 is 2.59 bits per heavy atom. The molecule has 1 aromatic carbocycles. The second-order valence-electron chi connectivity index (χ2n) is 11.6. The Morgan fingerprint density at radius 1 is 1.08 bits per heavy atom. The lowest BCUT2D eigenvalue weighted by Gasteiger charge is -2.44. The monoisotopic (exact) mass is 550 g/mol. The summed E-state index contributed by atoms with van der Waals surface area (Å²) in [5.74, 6) is -1.04. The van der Waals surface area contributed by atoms with Gasteiger partial charge in [-0.2, -0.15) is 5.10 Å². The first-order valence-electron chi connectivity index (χ1n) is 13.2. The van der Waals surface area contributed by atoms with E-state index in [-0.39, 0.29) is 21.8 Å². The fraction of sp³-hybridized carbons (Fsp3) is 0.414. The zero-order chi connectivity index (χ0) is 27.5. The molecular weight excluding hydrogens is 518 g/mol. The molecule has 3 aromatic heterocycles. The number of nitrogens with one attached hydrogen (secondary N) is 1. The molecule has 6 rings (SSSR count). The van der Waals surface area contributed by atoms with Crippen molar-refractivity contribution < 1.29 is 13.3 Å². The molecule has 4 aromatic rings. The van der Waals surface area contributed by atoms with Crippen LogP contribution in [-0.2, 0) is 17.8 Å². The van der Waals surface area contributed by atoms with Crippen LogP contribution in [0.4, 0.5) is 14.6 Å².